The van der Waals surface area contributed by atoms with E-state index in [0.29, 0.717) is 33.7 Å². The van der Waals surface area contributed by atoms with Crippen LogP contribution in [0.2, 0.25) is 0 Å². The molecule has 3 rings (SSSR count). The minimum atomic E-state index is -2.91. The number of anilines is 1. The Morgan fingerprint density at radius 2 is 2.03 bits per heavy atom. The van der Waals surface area contributed by atoms with Gasteiger partial charge in [-0.25, -0.2) is 4.79 Å². The van der Waals surface area contributed by atoms with Gasteiger partial charge in [-0.15, -0.1) is 28.1 Å². The van der Waals surface area contributed by atoms with Crippen LogP contribution >= 0.6 is 23.1 Å². The summed E-state index contributed by atoms with van der Waals surface area (Å²) in [5, 5.41) is 12.0. The van der Waals surface area contributed by atoms with Gasteiger partial charge in [0.25, 0.3) is 0 Å². The number of thiophene rings is 1. The van der Waals surface area contributed by atoms with Crippen LogP contribution in [-0.2, 0) is 16.1 Å². The Hall–Kier alpha value is -3.25. The van der Waals surface area contributed by atoms with Crippen molar-refractivity contribution >= 4 is 40.0 Å². The highest BCUT2D eigenvalue weighted by atomic mass is 32.2. The maximum Gasteiger partial charge on any atom is 0.387 e. The molecule has 0 aliphatic heterocycles. The van der Waals surface area contributed by atoms with Crippen LogP contribution in [0, 0.1) is 6.92 Å². The number of thioether (sulfide) groups is 1. The highest BCUT2D eigenvalue weighted by Crippen LogP contribution is 2.29. The monoisotopic (exact) mass is 494 g/mol. The van der Waals surface area contributed by atoms with Crippen molar-refractivity contribution in [3.05, 3.63) is 53.4 Å². The number of esters is 1. The Labute approximate surface area is 196 Å². The number of aryl methyl sites for hydroxylation is 1. The number of benzene rings is 1. The van der Waals surface area contributed by atoms with Crippen molar-refractivity contribution in [1.82, 2.24) is 14.8 Å². The molecule has 1 aromatic carbocycles. The van der Waals surface area contributed by atoms with Crippen molar-refractivity contribution in [2.24, 2.45) is 0 Å². The van der Waals surface area contributed by atoms with Gasteiger partial charge >= 0.3 is 12.6 Å². The van der Waals surface area contributed by atoms with Crippen LogP contribution in [0.5, 0.6) is 5.75 Å². The Bertz CT molecular complexity index is 1150. The second-order valence-corrected chi connectivity index (χ2v) is 8.74. The van der Waals surface area contributed by atoms with Crippen molar-refractivity contribution in [1.29, 1.82) is 0 Å². The molecule has 174 valence electrons. The average molecular weight is 495 g/mol. The van der Waals surface area contributed by atoms with Gasteiger partial charge in [-0.05, 0) is 37.3 Å². The Kier molecular flexibility index (Phi) is 8.17. The minimum Gasteiger partial charge on any atom is -0.465 e. The van der Waals surface area contributed by atoms with E-state index in [1.54, 1.807) is 28.8 Å². The molecule has 2 heterocycles. The fourth-order valence-corrected chi connectivity index (χ4v) is 4.51. The molecule has 0 bridgehead atoms. The van der Waals surface area contributed by atoms with Gasteiger partial charge in [0.2, 0.25) is 5.91 Å². The van der Waals surface area contributed by atoms with Gasteiger partial charge in [-0.3, -0.25) is 9.36 Å². The molecule has 0 fully saturated rings. The lowest BCUT2D eigenvalue weighted by atomic mass is 10.2. The highest BCUT2D eigenvalue weighted by Gasteiger charge is 2.19. The summed E-state index contributed by atoms with van der Waals surface area (Å²) in [7, 11) is 1.28. The first-order valence-electron chi connectivity index (χ1n) is 9.53. The maximum absolute atomic E-state index is 12.5. The van der Waals surface area contributed by atoms with Gasteiger partial charge in [0.15, 0.2) is 11.0 Å². The Morgan fingerprint density at radius 3 is 2.67 bits per heavy atom. The molecule has 0 saturated carbocycles. The van der Waals surface area contributed by atoms with E-state index in [1.807, 2.05) is 6.92 Å². The Morgan fingerprint density at radius 1 is 1.30 bits per heavy atom. The van der Waals surface area contributed by atoms with Crippen LogP contribution < -0.4 is 10.1 Å². The number of ether oxygens (including phenoxy) is 2. The fourth-order valence-electron chi connectivity index (χ4n) is 2.85. The molecule has 0 saturated heterocycles. The highest BCUT2D eigenvalue weighted by molar-refractivity contribution is 7.99. The molecule has 0 aliphatic carbocycles. The number of nitrogens with one attached hydrogen (secondary N) is 1. The molecule has 0 atom stereocenters. The number of carbonyl (C=O) groups is 2. The number of halogens is 2. The number of hydrogen-bond donors (Lipinski definition) is 1. The number of nitrogens with zero attached hydrogens (tertiary/aromatic N) is 3. The summed E-state index contributed by atoms with van der Waals surface area (Å²) in [4.78, 5) is 25.2. The van der Waals surface area contributed by atoms with Crippen LogP contribution in [0.1, 0.15) is 15.2 Å². The van der Waals surface area contributed by atoms with E-state index < -0.39 is 12.6 Å². The lowest BCUT2D eigenvalue weighted by Crippen LogP contribution is -2.16. The summed E-state index contributed by atoms with van der Waals surface area (Å²) in [6.07, 6.45) is 1.66. The zero-order valence-corrected chi connectivity index (χ0v) is 19.3. The summed E-state index contributed by atoms with van der Waals surface area (Å²) < 4.78 is 35.6. The van der Waals surface area contributed by atoms with Gasteiger partial charge in [-0.1, -0.05) is 17.8 Å². The Balaban J connectivity index is 1.72. The van der Waals surface area contributed by atoms with E-state index >= 15 is 0 Å². The van der Waals surface area contributed by atoms with Gasteiger partial charge in [0.05, 0.1) is 18.4 Å². The minimum absolute atomic E-state index is 0.0218. The summed E-state index contributed by atoms with van der Waals surface area (Å²) in [5.41, 5.74) is 0.939. The van der Waals surface area contributed by atoms with Crippen molar-refractivity contribution < 1.29 is 27.8 Å². The smallest absolute Gasteiger partial charge is 0.387 e. The fraction of sp³-hybridized carbons (Fsp3) is 0.238. The number of rotatable bonds is 10. The van der Waals surface area contributed by atoms with E-state index in [-0.39, 0.29) is 17.4 Å². The van der Waals surface area contributed by atoms with Crippen LogP contribution in [0.25, 0.3) is 11.4 Å². The predicted octanol–water partition coefficient (Wildman–Crippen LogP) is 4.62. The van der Waals surface area contributed by atoms with Crippen molar-refractivity contribution in [3.63, 3.8) is 0 Å². The molecule has 1 amide bonds. The third kappa shape index (κ3) is 6.17. The summed E-state index contributed by atoms with van der Waals surface area (Å²) in [6, 6.07) is 7.67. The van der Waals surface area contributed by atoms with Gasteiger partial charge in [-0.2, -0.15) is 8.78 Å². The number of aromatic nitrogens is 3. The number of alkyl halides is 2. The molecule has 0 spiro atoms. The molecule has 33 heavy (non-hydrogen) atoms. The second-order valence-electron chi connectivity index (χ2n) is 6.54. The largest absolute Gasteiger partial charge is 0.465 e. The maximum atomic E-state index is 12.5. The van der Waals surface area contributed by atoms with Crippen LogP contribution in [-0.4, -0.2) is 46.1 Å². The first-order valence-corrected chi connectivity index (χ1v) is 11.3. The standard InChI is InChI=1S/C21H20F2N4O4S2/c1-4-9-27-17(13-5-7-14(8-6-13)31-20(22)23)25-26-21(27)32-11-16(28)24-18-15(19(29)30-3)10-12(2)33-18/h4-8,10,20H,1,9,11H2,2-3H3,(H,24,28). The number of carbonyl (C=O) groups excluding carboxylic acids is 2. The van der Waals surface area contributed by atoms with Crippen LogP contribution in [0.15, 0.2) is 48.1 Å². The lowest BCUT2D eigenvalue weighted by Gasteiger charge is -2.09. The summed E-state index contributed by atoms with van der Waals surface area (Å²) >= 11 is 2.44. The average Bonchev–Trinajstić information content (AvgIpc) is 3.35. The zero-order chi connectivity index (χ0) is 24.0. The number of allylic oxidation sites excluding steroid dienone is 1. The molecule has 0 radical (unpaired) electrons. The predicted molar refractivity (Wildman–Crippen MR) is 122 cm³/mol. The molecule has 0 unspecified atom stereocenters. The third-order valence-electron chi connectivity index (χ3n) is 4.21. The van der Waals surface area contributed by atoms with E-state index in [2.05, 4.69) is 26.8 Å². The normalized spacial score (nSPS) is 10.8. The SMILES string of the molecule is C=CCn1c(SCC(=O)Nc2sc(C)cc2C(=O)OC)nnc1-c1ccc(OC(F)F)cc1. The van der Waals surface area contributed by atoms with E-state index in [1.165, 1.54) is 30.6 Å². The first kappa shape index (κ1) is 24.4. The first-order chi connectivity index (χ1) is 15.8. The number of hydrogen-bond acceptors (Lipinski definition) is 8. The van der Waals surface area contributed by atoms with Gasteiger partial charge < -0.3 is 14.8 Å². The molecule has 1 N–H and O–H groups in total. The van der Waals surface area contributed by atoms with Crippen molar-refractivity contribution in [2.45, 2.75) is 25.2 Å². The molecule has 8 nitrogen and oxygen atoms in total. The van der Waals surface area contributed by atoms with Crippen LogP contribution in [0.4, 0.5) is 13.8 Å². The quantitative estimate of drug-likeness (QED) is 0.250. The van der Waals surface area contributed by atoms with Gasteiger partial charge in [0, 0.05) is 17.0 Å². The molecule has 0 aliphatic rings. The summed E-state index contributed by atoms with van der Waals surface area (Å²) in [5.74, 6) is -0.306. The van der Waals surface area contributed by atoms with E-state index in [9.17, 15) is 18.4 Å². The van der Waals surface area contributed by atoms with Crippen LogP contribution in [0.3, 0.4) is 0 Å². The molecular formula is C21H20F2N4O4S2. The van der Waals surface area contributed by atoms with Crippen molar-refractivity contribution in [2.75, 3.05) is 18.2 Å². The molecular weight excluding hydrogens is 474 g/mol. The summed E-state index contributed by atoms with van der Waals surface area (Å²) in [6.45, 7) is 3.03. The van der Waals surface area contributed by atoms with Gasteiger partial charge in [0.1, 0.15) is 10.8 Å². The molecule has 2 aromatic heterocycles. The second kappa shape index (κ2) is 11.1. The molecule has 12 heteroatoms. The zero-order valence-electron chi connectivity index (χ0n) is 17.7. The van der Waals surface area contributed by atoms with E-state index in [0.717, 1.165) is 16.6 Å². The third-order valence-corrected chi connectivity index (χ3v) is 6.14. The van der Waals surface area contributed by atoms with Crippen molar-refractivity contribution in [3.8, 4) is 17.1 Å². The number of methoxy groups -OCH3 is 1. The number of amides is 1. The van der Waals surface area contributed by atoms with E-state index in [4.69, 9.17) is 4.74 Å². The topological polar surface area (TPSA) is 95.3 Å². The molecule has 3 aromatic rings. The lowest BCUT2D eigenvalue weighted by molar-refractivity contribution is -0.113.